The van der Waals surface area contributed by atoms with E-state index >= 15 is 0 Å². The maximum Gasteiger partial charge on any atom is 0.254 e. The highest BCUT2D eigenvalue weighted by Crippen LogP contribution is 2.40. The topological polar surface area (TPSA) is 66.5 Å². The first-order valence-electron chi connectivity index (χ1n) is 9.36. The minimum Gasteiger partial charge on any atom is -0.493 e. The summed E-state index contributed by atoms with van der Waals surface area (Å²) >= 11 is 8.24. The summed E-state index contributed by atoms with van der Waals surface area (Å²) in [6.07, 6.45) is 5.22. The number of nitrogens with zero attached hydrogens (tertiary/aromatic N) is 1. The molecule has 0 aliphatic rings. The zero-order valence-electron chi connectivity index (χ0n) is 16.5. The van der Waals surface area contributed by atoms with Gasteiger partial charge in [-0.15, -0.1) is 6.58 Å². The van der Waals surface area contributed by atoms with Crippen LogP contribution in [0.2, 0.25) is 5.02 Å². The average molecular weight is 537 g/mol. The molecule has 1 aromatic heterocycles. The molecule has 0 aliphatic heterocycles. The SMILES string of the molecule is C=CCCCOc1cc(=O)n(C)cc1-c1cc(N)ccc1Oc1ccc(Cl)cc1I. The first kappa shape index (κ1) is 22.2. The number of hydrogen-bond donors (Lipinski definition) is 1. The first-order valence-corrected chi connectivity index (χ1v) is 10.8. The summed E-state index contributed by atoms with van der Waals surface area (Å²) in [4.78, 5) is 12.2. The van der Waals surface area contributed by atoms with Crippen molar-refractivity contribution in [1.82, 2.24) is 4.57 Å². The molecule has 0 saturated heterocycles. The first-order chi connectivity index (χ1) is 14.4. The fourth-order valence-electron chi connectivity index (χ4n) is 2.87. The van der Waals surface area contributed by atoms with Crippen LogP contribution in [0.25, 0.3) is 11.1 Å². The van der Waals surface area contributed by atoms with Crippen molar-refractivity contribution in [1.29, 1.82) is 0 Å². The number of pyridine rings is 1. The van der Waals surface area contributed by atoms with Gasteiger partial charge in [-0.3, -0.25) is 4.79 Å². The third kappa shape index (κ3) is 5.37. The Morgan fingerprint density at radius 2 is 1.90 bits per heavy atom. The molecule has 0 saturated carbocycles. The molecule has 0 aliphatic carbocycles. The lowest BCUT2D eigenvalue weighted by Gasteiger charge is -2.17. The number of anilines is 1. The monoisotopic (exact) mass is 536 g/mol. The molecular weight excluding hydrogens is 515 g/mol. The van der Waals surface area contributed by atoms with E-state index in [2.05, 4.69) is 29.2 Å². The molecule has 0 bridgehead atoms. The Labute approximate surface area is 194 Å². The average Bonchev–Trinajstić information content (AvgIpc) is 2.71. The number of nitrogens with two attached hydrogens (primary N) is 1. The summed E-state index contributed by atoms with van der Waals surface area (Å²) < 4.78 is 14.5. The van der Waals surface area contributed by atoms with Crippen molar-refractivity contribution in [2.45, 2.75) is 12.8 Å². The summed E-state index contributed by atoms with van der Waals surface area (Å²) in [6.45, 7) is 4.19. The molecule has 3 rings (SSSR count). The third-order valence-corrected chi connectivity index (χ3v) is 5.49. The second-order valence-corrected chi connectivity index (χ2v) is 8.31. The molecule has 2 aromatic carbocycles. The van der Waals surface area contributed by atoms with Gasteiger partial charge in [-0.2, -0.15) is 0 Å². The van der Waals surface area contributed by atoms with Gasteiger partial charge in [-0.05, 0) is 71.8 Å². The molecule has 30 heavy (non-hydrogen) atoms. The van der Waals surface area contributed by atoms with Crippen molar-refractivity contribution >= 4 is 39.9 Å². The molecule has 7 heteroatoms. The number of benzene rings is 2. The molecule has 5 nitrogen and oxygen atoms in total. The van der Waals surface area contributed by atoms with Gasteiger partial charge in [0.2, 0.25) is 0 Å². The molecule has 0 fully saturated rings. The second-order valence-electron chi connectivity index (χ2n) is 6.71. The lowest BCUT2D eigenvalue weighted by molar-refractivity contribution is 0.312. The largest absolute Gasteiger partial charge is 0.493 e. The van der Waals surface area contributed by atoms with Gasteiger partial charge >= 0.3 is 0 Å². The van der Waals surface area contributed by atoms with Gasteiger partial charge in [0.05, 0.1) is 10.2 Å². The molecule has 0 amide bonds. The van der Waals surface area contributed by atoms with Gasteiger partial charge < -0.3 is 19.8 Å². The van der Waals surface area contributed by atoms with Crippen LogP contribution >= 0.6 is 34.2 Å². The van der Waals surface area contributed by atoms with E-state index in [1.165, 1.54) is 10.6 Å². The predicted octanol–water partition coefficient (Wildman–Crippen LogP) is 6.03. The second kappa shape index (κ2) is 10.0. The number of unbranched alkanes of at least 4 members (excludes halogenated alkanes) is 1. The van der Waals surface area contributed by atoms with E-state index in [1.54, 1.807) is 25.4 Å². The van der Waals surface area contributed by atoms with Crippen molar-refractivity contribution in [2.75, 3.05) is 12.3 Å². The number of hydrogen-bond acceptors (Lipinski definition) is 4. The molecule has 3 aromatic rings. The standard InChI is InChI=1S/C23H22ClIN2O3/c1-3-4-5-10-29-22-13-23(28)27(2)14-18(22)17-12-16(26)7-9-20(17)30-21-8-6-15(24)11-19(21)25/h3,6-9,11-14H,1,4-5,10,26H2,2H3. The smallest absolute Gasteiger partial charge is 0.254 e. The van der Waals surface area contributed by atoms with E-state index in [-0.39, 0.29) is 5.56 Å². The van der Waals surface area contributed by atoms with Crippen LogP contribution in [-0.2, 0) is 7.05 Å². The van der Waals surface area contributed by atoms with E-state index in [1.807, 2.05) is 30.3 Å². The van der Waals surface area contributed by atoms with Crippen molar-refractivity contribution in [3.8, 4) is 28.4 Å². The van der Waals surface area contributed by atoms with E-state index in [0.29, 0.717) is 34.6 Å². The Bertz CT molecular complexity index is 1130. The maximum atomic E-state index is 12.2. The van der Waals surface area contributed by atoms with Gasteiger partial charge in [-0.1, -0.05) is 17.7 Å². The number of halogens is 2. The van der Waals surface area contributed by atoms with Crippen molar-refractivity contribution < 1.29 is 9.47 Å². The molecule has 0 unspecified atom stereocenters. The molecule has 0 atom stereocenters. The van der Waals surface area contributed by atoms with Gasteiger partial charge in [0.1, 0.15) is 17.2 Å². The van der Waals surface area contributed by atoms with Crippen LogP contribution in [0, 0.1) is 3.57 Å². The Hall–Kier alpha value is -2.45. The van der Waals surface area contributed by atoms with Crippen LogP contribution in [0.3, 0.4) is 0 Å². The Balaban J connectivity index is 2.06. The minimum absolute atomic E-state index is 0.156. The third-order valence-electron chi connectivity index (χ3n) is 4.41. The van der Waals surface area contributed by atoms with Crippen LogP contribution in [-0.4, -0.2) is 11.2 Å². The molecule has 156 valence electrons. The van der Waals surface area contributed by atoms with Gasteiger partial charge in [0.25, 0.3) is 5.56 Å². The van der Waals surface area contributed by atoms with E-state index in [4.69, 9.17) is 26.8 Å². The van der Waals surface area contributed by atoms with E-state index in [0.717, 1.165) is 27.5 Å². The fraction of sp³-hybridized carbons (Fsp3) is 0.174. The highest BCUT2D eigenvalue weighted by atomic mass is 127. The predicted molar refractivity (Wildman–Crippen MR) is 131 cm³/mol. The summed E-state index contributed by atoms with van der Waals surface area (Å²) in [6, 6.07) is 12.3. The summed E-state index contributed by atoms with van der Waals surface area (Å²) in [5.74, 6) is 1.76. The highest BCUT2D eigenvalue weighted by Gasteiger charge is 2.16. The summed E-state index contributed by atoms with van der Waals surface area (Å²) in [7, 11) is 1.70. The number of ether oxygens (including phenoxy) is 2. The van der Waals surface area contributed by atoms with Gasteiger partial charge in [0, 0.05) is 41.1 Å². The molecule has 0 spiro atoms. The molecular formula is C23H22ClIN2O3. The zero-order chi connectivity index (χ0) is 21.7. The lowest BCUT2D eigenvalue weighted by atomic mass is 10.0. The van der Waals surface area contributed by atoms with Gasteiger partial charge in [0.15, 0.2) is 0 Å². The van der Waals surface area contributed by atoms with E-state index < -0.39 is 0 Å². The summed E-state index contributed by atoms with van der Waals surface area (Å²) in [5.41, 5.74) is 7.95. The Morgan fingerprint density at radius 3 is 2.63 bits per heavy atom. The van der Waals surface area contributed by atoms with Crippen LogP contribution in [0.4, 0.5) is 5.69 Å². The van der Waals surface area contributed by atoms with Crippen molar-refractivity contribution in [2.24, 2.45) is 7.05 Å². The van der Waals surface area contributed by atoms with Crippen LogP contribution in [0.15, 0.2) is 66.1 Å². The van der Waals surface area contributed by atoms with E-state index in [9.17, 15) is 4.79 Å². The number of allylic oxidation sites excluding steroid dienone is 1. The zero-order valence-corrected chi connectivity index (χ0v) is 19.4. The van der Waals surface area contributed by atoms with Crippen LogP contribution < -0.4 is 20.8 Å². The minimum atomic E-state index is -0.156. The fourth-order valence-corrected chi connectivity index (χ4v) is 3.85. The van der Waals surface area contributed by atoms with Crippen molar-refractivity contribution in [3.05, 3.63) is 80.3 Å². The maximum absolute atomic E-state index is 12.2. The Morgan fingerprint density at radius 1 is 1.13 bits per heavy atom. The number of nitrogen functional groups attached to an aromatic ring is 1. The van der Waals surface area contributed by atoms with Crippen LogP contribution in [0.1, 0.15) is 12.8 Å². The number of aromatic nitrogens is 1. The Kier molecular flexibility index (Phi) is 7.44. The number of aryl methyl sites for hydroxylation is 1. The summed E-state index contributed by atoms with van der Waals surface area (Å²) in [5, 5.41) is 0.637. The quantitative estimate of drug-likeness (QED) is 0.165. The molecule has 2 N–H and O–H groups in total. The molecule has 0 radical (unpaired) electrons. The van der Waals surface area contributed by atoms with Crippen molar-refractivity contribution in [3.63, 3.8) is 0 Å². The van der Waals surface area contributed by atoms with Crippen LogP contribution in [0.5, 0.6) is 17.2 Å². The highest BCUT2D eigenvalue weighted by molar-refractivity contribution is 14.1. The normalized spacial score (nSPS) is 10.6. The number of rotatable bonds is 8. The lowest BCUT2D eigenvalue weighted by Crippen LogP contribution is -2.16. The molecule has 1 heterocycles. The van der Waals surface area contributed by atoms with Gasteiger partial charge in [-0.25, -0.2) is 0 Å².